The zero-order chi connectivity index (χ0) is 11.5. The highest BCUT2D eigenvalue weighted by Crippen LogP contribution is 2.19. The third kappa shape index (κ3) is 3.91. The molecule has 0 spiro atoms. The van der Waals surface area contributed by atoms with Crippen molar-refractivity contribution in [1.82, 2.24) is 5.32 Å². The van der Waals surface area contributed by atoms with Crippen LogP contribution in [0.5, 0.6) is 0 Å². The van der Waals surface area contributed by atoms with Gasteiger partial charge in [-0.15, -0.1) is 0 Å². The first-order chi connectivity index (χ1) is 6.90. The predicted octanol–water partition coefficient (Wildman–Crippen LogP) is 3.21. The van der Waals surface area contributed by atoms with Gasteiger partial charge >= 0.3 is 6.18 Å². The quantitative estimate of drug-likeness (QED) is 0.819. The number of benzene rings is 1. The second kappa shape index (κ2) is 4.66. The van der Waals surface area contributed by atoms with Crippen molar-refractivity contribution in [2.75, 3.05) is 6.54 Å². The lowest BCUT2D eigenvalue weighted by molar-refractivity contribution is -0.126. The monoisotopic (exact) mass is 217 g/mol. The fraction of sp³-hybridized carbons (Fsp3) is 0.455. The van der Waals surface area contributed by atoms with E-state index in [2.05, 4.69) is 5.32 Å². The first-order valence-corrected chi connectivity index (χ1v) is 4.76. The topological polar surface area (TPSA) is 12.0 Å². The van der Waals surface area contributed by atoms with E-state index >= 15 is 0 Å². The largest absolute Gasteiger partial charge is 0.401 e. The van der Waals surface area contributed by atoms with E-state index < -0.39 is 12.7 Å². The Bertz CT molecular complexity index is 320. The summed E-state index contributed by atoms with van der Waals surface area (Å²) in [7, 11) is 0. The Balaban J connectivity index is 2.62. The summed E-state index contributed by atoms with van der Waals surface area (Å²) < 4.78 is 35.9. The summed E-state index contributed by atoms with van der Waals surface area (Å²) in [6, 6.07) is 7.14. The third-order valence-corrected chi connectivity index (χ3v) is 2.26. The Morgan fingerprint density at radius 2 is 1.87 bits per heavy atom. The molecule has 0 saturated carbocycles. The van der Waals surface area contributed by atoms with Crippen LogP contribution in [0.4, 0.5) is 13.2 Å². The summed E-state index contributed by atoms with van der Waals surface area (Å²) in [6.07, 6.45) is -4.16. The highest BCUT2D eigenvalue weighted by molar-refractivity contribution is 5.28. The molecule has 0 bridgehead atoms. The summed E-state index contributed by atoms with van der Waals surface area (Å²) >= 11 is 0. The van der Waals surface area contributed by atoms with E-state index in [1.165, 1.54) is 0 Å². The third-order valence-electron chi connectivity index (χ3n) is 2.26. The second-order valence-electron chi connectivity index (χ2n) is 3.57. The zero-order valence-corrected chi connectivity index (χ0v) is 8.73. The average Bonchev–Trinajstić information content (AvgIpc) is 2.14. The normalized spacial score (nSPS) is 13.9. The maximum Gasteiger partial charge on any atom is 0.401 e. The summed E-state index contributed by atoms with van der Waals surface area (Å²) in [6.45, 7) is 2.66. The molecule has 0 fully saturated rings. The van der Waals surface area contributed by atoms with E-state index in [-0.39, 0.29) is 6.04 Å². The SMILES string of the molecule is Cc1ccccc1C(C)NCC(F)(F)F. The van der Waals surface area contributed by atoms with Gasteiger partial charge in [0, 0.05) is 6.04 Å². The van der Waals surface area contributed by atoms with E-state index in [9.17, 15) is 13.2 Å². The van der Waals surface area contributed by atoms with Crippen LogP contribution in [-0.4, -0.2) is 12.7 Å². The van der Waals surface area contributed by atoms with Gasteiger partial charge in [0.05, 0.1) is 6.54 Å². The first-order valence-electron chi connectivity index (χ1n) is 4.76. The lowest BCUT2D eigenvalue weighted by atomic mass is 10.0. The van der Waals surface area contributed by atoms with E-state index in [1.54, 1.807) is 6.92 Å². The molecule has 15 heavy (non-hydrogen) atoms. The molecule has 0 aliphatic rings. The molecule has 1 N–H and O–H groups in total. The minimum atomic E-state index is -4.16. The van der Waals surface area contributed by atoms with Gasteiger partial charge in [0.2, 0.25) is 0 Å². The van der Waals surface area contributed by atoms with Gasteiger partial charge in [-0.2, -0.15) is 13.2 Å². The highest BCUT2D eigenvalue weighted by atomic mass is 19.4. The van der Waals surface area contributed by atoms with Crippen molar-refractivity contribution in [1.29, 1.82) is 0 Å². The average molecular weight is 217 g/mol. The van der Waals surface area contributed by atoms with E-state index in [4.69, 9.17) is 0 Å². The maximum absolute atomic E-state index is 12.0. The van der Waals surface area contributed by atoms with Crippen LogP contribution in [0, 0.1) is 6.92 Å². The number of rotatable bonds is 3. The lowest BCUT2D eigenvalue weighted by Gasteiger charge is -2.17. The van der Waals surface area contributed by atoms with Crippen molar-refractivity contribution in [2.24, 2.45) is 0 Å². The zero-order valence-electron chi connectivity index (χ0n) is 8.73. The van der Waals surface area contributed by atoms with E-state index in [0.29, 0.717) is 0 Å². The molecular formula is C11H14F3N. The lowest BCUT2D eigenvalue weighted by Crippen LogP contribution is -2.31. The summed E-state index contributed by atoms with van der Waals surface area (Å²) in [5.41, 5.74) is 1.90. The summed E-state index contributed by atoms with van der Waals surface area (Å²) in [4.78, 5) is 0. The highest BCUT2D eigenvalue weighted by Gasteiger charge is 2.27. The Hall–Kier alpha value is -1.03. The van der Waals surface area contributed by atoms with Crippen LogP contribution in [0.25, 0.3) is 0 Å². The number of aryl methyl sites for hydroxylation is 1. The first kappa shape index (κ1) is 12.0. The van der Waals surface area contributed by atoms with Crippen LogP contribution in [0.3, 0.4) is 0 Å². The molecule has 1 aromatic carbocycles. The Morgan fingerprint density at radius 1 is 1.27 bits per heavy atom. The molecule has 4 heteroatoms. The van der Waals surface area contributed by atoms with Crippen LogP contribution in [0.2, 0.25) is 0 Å². The summed E-state index contributed by atoms with van der Waals surface area (Å²) in [5.74, 6) is 0. The minimum Gasteiger partial charge on any atom is -0.302 e. The van der Waals surface area contributed by atoms with Crippen LogP contribution in [0.15, 0.2) is 24.3 Å². The fourth-order valence-corrected chi connectivity index (χ4v) is 1.45. The molecule has 0 aliphatic carbocycles. The maximum atomic E-state index is 12.0. The van der Waals surface area contributed by atoms with Gasteiger partial charge in [-0.1, -0.05) is 24.3 Å². The fourth-order valence-electron chi connectivity index (χ4n) is 1.45. The number of alkyl halides is 3. The Labute approximate surface area is 87.3 Å². The van der Waals surface area contributed by atoms with Gasteiger partial charge in [0.1, 0.15) is 0 Å². The number of hydrogen-bond acceptors (Lipinski definition) is 1. The number of halogens is 3. The predicted molar refractivity (Wildman–Crippen MR) is 53.7 cm³/mol. The molecule has 0 aliphatic heterocycles. The molecule has 1 atom stereocenters. The molecule has 1 nitrogen and oxygen atoms in total. The molecule has 1 aromatic rings. The van der Waals surface area contributed by atoms with Crippen LogP contribution in [-0.2, 0) is 0 Å². The van der Waals surface area contributed by atoms with Crippen molar-refractivity contribution >= 4 is 0 Å². The van der Waals surface area contributed by atoms with Gasteiger partial charge in [-0.25, -0.2) is 0 Å². The molecule has 0 amide bonds. The molecule has 0 heterocycles. The van der Waals surface area contributed by atoms with Gasteiger partial charge < -0.3 is 5.32 Å². The van der Waals surface area contributed by atoms with Gasteiger partial charge in [0.25, 0.3) is 0 Å². The minimum absolute atomic E-state index is 0.284. The molecule has 1 unspecified atom stereocenters. The molecule has 84 valence electrons. The Kier molecular flexibility index (Phi) is 3.74. The van der Waals surface area contributed by atoms with Crippen molar-refractivity contribution in [3.8, 4) is 0 Å². The van der Waals surface area contributed by atoms with Crippen LogP contribution in [0.1, 0.15) is 24.1 Å². The second-order valence-corrected chi connectivity index (χ2v) is 3.57. The molecule has 0 radical (unpaired) electrons. The number of nitrogens with one attached hydrogen (secondary N) is 1. The van der Waals surface area contributed by atoms with Crippen molar-refractivity contribution < 1.29 is 13.2 Å². The van der Waals surface area contributed by atoms with Gasteiger partial charge in [-0.3, -0.25) is 0 Å². The van der Waals surface area contributed by atoms with Crippen LogP contribution < -0.4 is 5.32 Å². The molecular weight excluding hydrogens is 203 g/mol. The van der Waals surface area contributed by atoms with Crippen molar-refractivity contribution in [2.45, 2.75) is 26.1 Å². The molecule has 0 saturated heterocycles. The smallest absolute Gasteiger partial charge is 0.302 e. The van der Waals surface area contributed by atoms with E-state index in [0.717, 1.165) is 11.1 Å². The standard InChI is InChI=1S/C11H14F3N/c1-8-5-3-4-6-10(8)9(2)15-7-11(12,13)14/h3-6,9,15H,7H2,1-2H3. The van der Waals surface area contributed by atoms with Gasteiger partial charge in [-0.05, 0) is 25.0 Å². The Morgan fingerprint density at radius 3 is 2.40 bits per heavy atom. The molecule has 0 aromatic heterocycles. The number of hydrogen-bond donors (Lipinski definition) is 1. The van der Waals surface area contributed by atoms with Gasteiger partial charge in [0.15, 0.2) is 0 Å². The van der Waals surface area contributed by atoms with E-state index in [1.807, 2.05) is 31.2 Å². The summed E-state index contributed by atoms with van der Waals surface area (Å²) in [5, 5.41) is 2.45. The van der Waals surface area contributed by atoms with Crippen molar-refractivity contribution in [3.05, 3.63) is 35.4 Å². The van der Waals surface area contributed by atoms with Crippen molar-refractivity contribution in [3.63, 3.8) is 0 Å². The van der Waals surface area contributed by atoms with Crippen LogP contribution >= 0.6 is 0 Å². The molecule has 1 rings (SSSR count).